The maximum absolute atomic E-state index is 13.6. The molecule has 2 rings (SSSR count). The first-order chi connectivity index (χ1) is 9.63. The molecule has 2 aromatic carbocycles. The van der Waals surface area contributed by atoms with Gasteiger partial charge in [0.15, 0.2) is 11.6 Å². The summed E-state index contributed by atoms with van der Waals surface area (Å²) in [5, 5.41) is 3.18. The average Bonchev–Trinajstić information content (AvgIpc) is 2.45. The summed E-state index contributed by atoms with van der Waals surface area (Å²) in [6.07, 6.45) is 0.994. The largest absolute Gasteiger partial charge is 0.491 e. The summed E-state index contributed by atoms with van der Waals surface area (Å²) in [4.78, 5) is 0. The lowest BCUT2D eigenvalue weighted by atomic mass is 10.1. The normalized spacial score (nSPS) is 10.3. The minimum Gasteiger partial charge on any atom is -0.491 e. The van der Waals surface area contributed by atoms with E-state index >= 15 is 0 Å². The number of nitrogen functional groups attached to an aromatic ring is 1. The third kappa shape index (κ3) is 3.20. The lowest BCUT2D eigenvalue weighted by molar-refractivity contribution is 0.322. The van der Waals surface area contributed by atoms with E-state index in [9.17, 15) is 4.39 Å². The van der Waals surface area contributed by atoms with Gasteiger partial charge in [-0.1, -0.05) is 19.1 Å². The summed E-state index contributed by atoms with van der Waals surface area (Å²) in [6, 6.07) is 10.9. The first-order valence-electron chi connectivity index (χ1n) is 6.71. The molecule has 3 N–H and O–H groups in total. The highest BCUT2D eigenvalue weighted by Gasteiger charge is 2.09. The molecule has 0 saturated heterocycles. The molecule has 0 aromatic heterocycles. The van der Waals surface area contributed by atoms with Gasteiger partial charge in [-0.05, 0) is 31.0 Å². The lowest BCUT2D eigenvalue weighted by Crippen LogP contribution is -2.01. The fourth-order valence-corrected chi connectivity index (χ4v) is 1.92. The lowest BCUT2D eigenvalue weighted by Gasteiger charge is -2.13. The highest BCUT2D eigenvalue weighted by atomic mass is 19.1. The van der Waals surface area contributed by atoms with Crippen LogP contribution in [0.3, 0.4) is 0 Å². The minimum absolute atomic E-state index is 0.203. The van der Waals surface area contributed by atoms with Gasteiger partial charge in [0.2, 0.25) is 0 Å². The maximum Gasteiger partial charge on any atom is 0.167 e. The van der Waals surface area contributed by atoms with Crippen LogP contribution in [0.1, 0.15) is 19.4 Å². The van der Waals surface area contributed by atoms with Crippen LogP contribution in [0.25, 0.3) is 0 Å². The van der Waals surface area contributed by atoms with Crippen LogP contribution < -0.4 is 15.8 Å². The zero-order chi connectivity index (χ0) is 14.5. The molecule has 0 unspecified atom stereocenters. The van der Waals surface area contributed by atoms with Gasteiger partial charge in [0.1, 0.15) is 0 Å². The van der Waals surface area contributed by atoms with Crippen LogP contribution >= 0.6 is 0 Å². The molecule has 0 fully saturated rings. The number of rotatable bonds is 5. The molecule has 0 atom stereocenters. The Morgan fingerprint density at radius 2 is 1.85 bits per heavy atom. The summed E-state index contributed by atoms with van der Waals surface area (Å²) in [6.45, 7) is 4.33. The van der Waals surface area contributed by atoms with Crippen molar-refractivity contribution in [2.75, 3.05) is 17.7 Å². The van der Waals surface area contributed by atoms with Crippen molar-refractivity contribution in [2.24, 2.45) is 0 Å². The summed E-state index contributed by atoms with van der Waals surface area (Å²) in [7, 11) is 0. The SMILES string of the molecule is CCOc1cc(Nc2ccc(CC)cc2)c(N)cc1F. The van der Waals surface area contributed by atoms with E-state index in [4.69, 9.17) is 10.5 Å². The first kappa shape index (κ1) is 14.2. The van der Waals surface area contributed by atoms with Crippen LogP contribution in [0, 0.1) is 5.82 Å². The molecule has 20 heavy (non-hydrogen) atoms. The standard InChI is InChI=1S/C16H19FN2O/c1-3-11-5-7-12(8-6-11)19-15-10-16(20-4-2)13(17)9-14(15)18/h5-10,19H,3-4,18H2,1-2H3. The van der Waals surface area contributed by atoms with Crippen LogP contribution in [-0.2, 0) is 6.42 Å². The third-order valence-corrected chi connectivity index (χ3v) is 3.05. The Balaban J connectivity index is 2.25. The summed E-state index contributed by atoms with van der Waals surface area (Å²) in [5.41, 5.74) is 8.99. The summed E-state index contributed by atoms with van der Waals surface area (Å²) >= 11 is 0. The molecule has 4 heteroatoms. The van der Waals surface area contributed by atoms with Gasteiger partial charge < -0.3 is 15.8 Å². The Bertz CT molecular complexity index is 582. The van der Waals surface area contributed by atoms with Gasteiger partial charge in [-0.3, -0.25) is 0 Å². The Hall–Kier alpha value is -2.23. The molecule has 0 aliphatic carbocycles. The van der Waals surface area contributed by atoms with Gasteiger partial charge in [-0.2, -0.15) is 0 Å². The first-order valence-corrected chi connectivity index (χ1v) is 6.71. The Kier molecular flexibility index (Phi) is 4.45. The van der Waals surface area contributed by atoms with Gasteiger partial charge in [-0.15, -0.1) is 0 Å². The number of nitrogens with one attached hydrogen (secondary N) is 1. The van der Waals surface area contributed by atoms with Crippen molar-refractivity contribution in [1.82, 2.24) is 0 Å². The number of hydrogen-bond donors (Lipinski definition) is 2. The van der Waals surface area contributed by atoms with E-state index in [1.807, 2.05) is 31.2 Å². The maximum atomic E-state index is 13.6. The molecule has 0 spiro atoms. The zero-order valence-corrected chi connectivity index (χ0v) is 11.7. The Morgan fingerprint density at radius 3 is 2.45 bits per heavy atom. The highest BCUT2D eigenvalue weighted by molar-refractivity contribution is 5.74. The van der Waals surface area contributed by atoms with Crippen molar-refractivity contribution in [3.8, 4) is 5.75 Å². The van der Waals surface area contributed by atoms with Gasteiger partial charge in [0.05, 0.1) is 18.0 Å². The van der Waals surface area contributed by atoms with Gasteiger partial charge in [0, 0.05) is 17.8 Å². The number of anilines is 3. The quantitative estimate of drug-likeness (QED) is 0.806. The van der Waals surface area contributed by atoms with Crippen molar-refractivity contribution < 1.29 is 9.13 Å². The van der Waals surface area contributed by atoms with E-state index in [2.05, 4.69) is 12.2 Å². The van der Waals surface area contributed by atoms with Gasteiger partial charge in [0.25, 0.3) is 0 Å². The second kappa shape index (κ2) is 6.28. The minimum atomic E-state index is -0.448. The average molecular weight is 274 g/mol. The summed E-state index contributed by atoms with van der Waals surface area (Å²) < 4.78 is 18.9. The van der Waals surface area contributed by atoms with Crippen molar-refractivity contribution >= 4 is 17.1 Å². The molecule has 0 bridgehead atoms. The summed E-state index contributed by atoms with van der Waals surface area (Å²) in [5.74, 6) is -0.245. The number of ether oxygens (including phenoxy) is 1. The van der Waals surface area contributed by atoms with Crippen LogP contribution in [0.15, 0.2) is 36.4 Å². The molecule has 0 heterocycles. The molecule has 0 aliphatic heterocycles. The van der Waals surface area contributed by atoms with E-state index in [0.717, 1.165) is 12.1 Å². The van der Waals surface area contributed by atoms with Gasteiger partial charge in [-0.25, -0.2) is 4.39 Å². The van der Waals surface area contributed by atoms with Gasteiger partial charge >= 0.3 is 0 Å². The predicted octanol–water partition coefficient (Wildman–Crippen LogP) is 4.11. The zero-order valence-electron chi connectivity index (χ0n) is 11.7. The Morgan fingerprint density at radius 1 is 1.15 bits per heavy atom. The number of benzene rings is 2. The van der Waals surface area contributed by atoms with E-state index < -0.39 is 5.82 Å². The molecule has 0 saturated carbocycles. The molecule has 0 amide bonds. The van der Waals surface area contributed by atoms with E-state index in [-0.39, 0.29) is 5.75 Å². The van der Waals surface area contributed by atoms with E-state index in [0.29, 0.717) is 18.0 Å². The smallest absolute Gasteiger partial charge is 0.167 e. The van der Waals surface area contributed by atoms with Crippen molar-refractivity contribution in [3.05, 3.63) is 47.8 Å². The monoisotopic (exact) mass is 274 g/mol. The fourth-order valence-electron chi connectivity index (χ4n) is 1.92. The van der Waals surface area contributed by atoms with E-state index in [1.54, 1.807) is 6.07 Å². The third-order valence-electron chi connectivity index (χ3n) is 3.05. The van der Waals surface area contributed by atoms with Crippen LogP contribution in [0.5, 0.6) is 5.75 Å². The number of halogens is 1. The Labute approximate surface area is 118 Å². The topological polar surface area (TPSA) is 47.3 Å². The predicted molar refractivity (Wildman–Crippen MR) is 81.1 cm³/mol. The highest BCUT2D eigenvalue weighted by Crippen LogP contribution is 2.30. The molecule has 0 aliphatic rings. The molecule has 2 aromatic rings. The van der Waals surface area contributed by atoms with Crippen LogP contribution in [0.2, 0.25) is 0 Å². The second-order valence-electron chi connectivity index (χ2n) is 4.48. The molecular formula is C16H19FN2O. The van der Waals surface area contributed by atoms with Crippen molar-refractivity contribution in [1.29, 1.82) is 0 Å². The van der Waals surface area contributed by atoms with E-state index in [1.165, 1.54) is 11.6 Å². The van der Waals surface area contributed by atoms with Crippen molar-refractivity contribution in [3.63, 3.8) is 0 Å². The molecule has 0 radical (unpaired) electrons. The van der Waals surface area contributed by atoms with Crippen LogP contribution in [-0.4, -0.2) is 6.61 Å². The molecular weight excluding hydrogens is 255 g/mol. The number of hydrogen-bond acceptors (Lipinski definition) is 3. The number of aryl methyl sites for hydroxylation is 1. The number of nitrogens with two attached hydrogens (primary N) is 1. The molecule has 106 valence electrons. The van der Waals surface area contributed by atoms with Crippen molar-refractivity contribution in [2.45, 2.75) is 20.3 Å². The molecule has 3 nitrogen and oxygen atoms in total. The van der Waals surface area contributed by atoms with Crippen LogP contribution in [0.4, 0.5) is 21.5 Å². The second-order valence-corrected chi connectivity index (χ2v) is 4.48. The fraction of sp³-hybridized carbons (Fsp3) is 0.250.